The molecule has 0 N–H and O–H groups in total. The van der Waals surface area contributed by atoms with Gasteiger partial charge in [-0.3, -0.25) is 0 Å². The van der Waals surface area contributed by atoms with Crippen LogP contribution in [0.15, 0.2) is 105 Å². The van der Waals surface area contributed by atoms with Gasteiger partial charge in [-0.25, -0.2) is 9.97 Å². The number of nitrogens with zero attached hydrogens (tertiary/aromatic N) is 2. The van der Waals surface area contributed by atoms with Crippen LogP contribution in [0.25, 0.3) is 11.0 Å². The highest BCUT2D eigenvalue weighted by Gasteiger charge is 2.12. The fourth-order valence-corrected chi connectivity index (χ4v) is 4.14. The van der Waals surface area contributed by atoms with Crippen molar-refractivity contribution < 1.29 is 0 Å². The van der Waals surface area contributed by atoms with Crippen molar-refractivity contribution in [1.29, 1.82) is 0 Å². The third-order valence-electron chi connectivity index (χ3n) is 3.42. The highest BCUT2D eigenvalue weighted by molar-refractivity contribution is 8.02. The van der Waals surface area contributed by atoms with Gasteiger partial charge in [0, 0.05) is 9.79 Å². The summed E-state index contributed by atoms with van der Waals surface area (Å²) >= 11 is 3.31. The van der Waals surface area contributed by atoms with E-state index in [2.05, 4.69) is 24.3 Å². The van der Waals surface area contributed by atoms with Gasteiger partial charge in [-0.05, 0) is 36.4 Å². The lowest BCUT2D eigenvalue weighted by Gasteiger charge is -2.09. The first-order valence-electron chi connectivity index (χ1n) is 7.61. The van der Waals surface area contributed by atoms with Gasteiger partial charge in [-0.15, -0.1) is 0 Å². The third kappa shape index (κ3) is 3.45. The molecule has 1 aromatic heterocycles. The van der Waals surface area contributed by atoms with Gasteiger partial charge in [0.15, 0.2) is 0 Å². The highest BCUT2D eigenvalue weighted by atomic mass is 32.2. The summed E-state index contributed by atoms with van der Waals surface area (Å²) in [6.07, 6.45) is 0. The van der Waals surface area contributed by atoms with Gasteiger partial charge in [-0.1, -0.05) is 72.1 Å². The fraction of sp³-hybridized carbons (Fsp3) is 0. The lowest BCUT2D eigenvalue weighted by Crippen LogP contribution is -1.92. The van der Waals surface area contributed by atoms with Crippen LogP contribution in [0, 0.1) is 0 Å². The van der Waals surface area contributed by atoms with Crippen molar-refractivity contribution in [2.45, 2.75) is 19.8 Å². The summed E-state index contributed by atoms with van der Waals surface area (Å²) in [6.45, 7) is 0. The number of hydrogen-bond acceptors (Lipinski definition) is 4. The van der Waals surface area contributed by atoms with Crippen LogP contribution in [0.1, 0.15) is 0 Å². The Labute approximate surface area is 149 Å². The average molecular weight is 346 g/mol. The normalized spacial score (nSPS) is 10.8. The van der Waals surface area contributed by atoms with E-state index in [4.69, 9.17) is 9.97 Å². The molecule has 0 spiro atoms. The minimum absolute atomic E-state index is 0.924. The SMILES string of the molecule is c1ccc(Sc2nc3ccccc3nc2Sc2ccccc2)cc1. The maximum atomic E-state index is 4.85. The van der Waals surface area contributed by atoms with Crippen molar-refractivity contribution in [2.75, 3.05) is 0 Å². The van der Waals surface area contributed by atoms with Crippen molar-refractivity contribution >= 4 is 34.6 Å². The Balaban J connectivity index is 1.78. The first-order valence-corrected chi connectivity index (χ1v) is 9.24. The fourth-order valence-electron chi connectivity index (χ4n) is 2.30. The second-order valence-electron chi connectivity index (χ2n) is 5.15. The van der Waals surface area contributed by atoms with E-state index in [1.807, 2.05) is 60.7 Å². The van der Waals surface area contributed by atoms with Gasteiger partial charge in [0.1, 0.15) is 10.1 Å². The molecule has 0 saturated carbocycles. The molecule has 24 heavy (non-hydrogen) atoms. The Hall–Kier alpha value is -2.30. The topological polar surface area (TPSA) is 25.8 Å². The summed E-state index contributed by atoms with van der Waals surface area (Å²) in [6, 6.07) is 28.6. The van der Waals surface area contributed by atoms with Crippen molar-refractivity contribution in [3.05, 3.63) is 84.9 Å². The lowest BCUT2D eigenvalue weighted by atomic mass is 10.3. The Morgan fingerprint density at radius 1 is 0.458 bits per heavy atom. The zero-order chi connectivity index (χ0) is 16.2. The molecule has 0 atom stereocenters. The molecule has 4 rings (SSSR count). The molecular weight excluding hydrogens is 332 g/mol. The van der Waals surface area contributed by atoms with Gasteiger partial charge in [0.05, 0.1) is 11.0 Å². The molecule has 0 radical (unpaired) electrons. The zero-order valence-corrected chi connectivity index (χ0v) is 14.4. The minimum atomic E-state index is 0.924. The molecule has 0 amide bonds. The van der Waals surface area contributed by atoms with Crippen LogP contribution < -0.4 is 0 Å². The Morgan fingerprint density at radius 3 is 1.25 bits per heavy atom. The number of aromatic nitrogens is 2. The van der Waals surface area contributed by atoms with E-state index in [1.54, 1.807) is 23.5 Å². The van der Waals surface area contributed by atoms with Crippen molar-refractivity contribution in [3.63, 3.8) is 0 Å². The summed E-state index contributed by atoms with van der Waals surface area (Å²) in [4.78, 5) is 12.0. The van der Waals surface area contributed by atoms with E-state index in [-0.39, 0.29) is 0 Å². The van der Waals surface area contributed by atoms with Crippen LogP contribution in [0.4, 0.5) is 0 Å². The minimum Gasteiger partial charge on any atom is -0.237 e. The number of hydrogen-bond donors (Lipinski definition) is 0. The van der Waals surface area contributed by atoms with Gasteiger partial charge < -0.3 is 0 Å². The predicted molar refractivity (Wildman–Crippen MR) is 101 cm³/mol. The smallest absolute Gasteiger partial charge is 0.134 e. The van der Waals surface area contributed by atoms with E-state index in [0.717, 1.165) is 30.9 Å². The Morgan fingerprint density at radius 2 is 0.833 bits per heavy atom. The van der Waals surface area contributed by atoms with E-state index in [1.165, 1.54) is 0 Å². The van der Waals surface area contributed by atoms with Gasteiger partial charge in [0.25, 0.3) is 0 Å². The molecule has 1 heterocycles. The molecule has 0 saturated heterocycles. The largest absolute Gasteiger partial charge is 0.237 e. The van der Waals surface area contributed by atoms with Crippen molar-refractivity contribution in [2.24, 2.45) is 0 Å². The van der Waals surface area contributed by atoms with Gasteiger partial charge in [-0.2, -0.15) is 0 Å². The molecule has 0 unspecified atom stereocenters. The average Bonchev–Trinajstić information content (AvgIpc) is 2.64. The van der Waals surface area contributed by atoms with Crippen LogP contribution in [0.2, 0.25) is 0 Å². The summed E-state index contributed by atoms with van der Waals surface area (Å²) in [5.74, 6) is 0. The van der Waals surface area contributed by atoms with E-state index < -0.39 is 0 Å². The van der Waals surface area contributed by atoms with Crippen LogP contribution in [0.5, 0.6) is 0 Å². The maximum Gasteiger partial charge on any atom is 0.134 e. The summed E-state index contributed by atoms with van der Waals surface area (Å²) in [5.41, 5.74) is 1.85. The standard InChI is InChI=1S/C20H14N2S2/c1-3-9-15(10-4-1)23-19-20(24-16-11-5-2-6-12-16)22-18-14-8-7-13-17(18)21-19/h1-14H. The molecule has 3 aromatic carbocycles. The maximum absolute atomic E-state index is 4.85. The van der Waals surface area contributed by atoms with E-state index >= 15 is 0 Å². The molecule has 4 heteroatoms. The molecule has 0 aliphatic carbocycles. The second-order valence-corrected chi connectivity index (χ2v) is 7.28. The Bertz CT molecular complexity index is 877. The molecule has 2 nitrogen and oxygen atoms in total. The summed E-state index contributed by atoms with van der Waals surface area (Å²) in [7, 11) is 0. The van der Waals surface area contributed by atoms with E-state index in [0.29, 0.717) is 0 Å². The number of para-hydroxylation sites is 2. The summed E-state index contributed by atoms with van der Waals surface area (Å²) in [5, 5.41) is 1.88. The first kappa shape index (κ1) is 15.2. The third-order valence-corrected chi connectivity index (χ3v) is 5.53. The molecule has 0 bridgehead atoms. The lowest BCUT2D eigenvalue weighted by molar-refractivity contribution is 0.968. The van der Waals surface area contributed by atoms with Crippen LogP contribution in [-0.4, -0.2) is 9.97 Å². The van der Waals surface area contributed by atoms with Crippen LogP contribution in [-0.2, 0) is 0 Å². The number of fused-ring (bicyclic) bond motifs is 1. The van der Waals surface area contributed by atoms with Crippen LogP contribution in [0.3, 0.4) is 0 Å². The van der Waals surface area contributed by atoms with Crippen molar-refractivity contribution in [1.82, 2.24) is 9.97 Å². The molecule has 0 aliphatic heterocycles. The predicted octanol–water partition coefficient (Wildman–Crippen LogP) is 5.93. The van der Waals surface area contributed by atoms with Crippen LogP contribution >= 0.6 is 23.5 Å². The molecule has 116 valence electrons. The number of benzene rings is 3. The summed E-state index contributed by atoms with van der Waals surface area (Å²) < 4.78 is 0. The first-order chi connectivity index (χ1) is 11.9. The highest BCUT2D eigenvalue weighted by Crippen LogP contribution is 2.37. The number of rotatable bonds is 4. The zero-order valence-electron chi connectivity index (χ0n) is 12.8. The van der Waals surface area contributed by atoms with Gasteiger partial charge >= 0.3 is 0 Å². The van der Waals surface area contributed by atoms with Gasteiger partial charge in [0.2, 0.25) is 0 Å². The molecular formula is C20H14N2S2. The second kappa shape index (κ2) is 7.07. The van der Waals surface area contributed by atoms with Crippen molar-refractivity contribution in [3.8, 4) is 0 Å². The molecule has 0 aliphatic rings. The molecule has 4 aromatic rings. The quantitative estimate of drug-likeness (QED) is 0.457. The monoisotopic (exact) mass is 346 g/mol. The Kier molecular flexibility index (Phi) is 4.49. The molecule has 0 fully saturated rings. The van der Waals surface area contributed by atoms with E-state index in [9.17, 15) is 0 Å².